The van der Waals surface area contributed by atoms with E-state index in [1.54, 1.807) is 30.5 Å². The summed E-state index contributed by atoms with van der Waals surface area (Å²) in [6.45, 7) is 0. The SMILES string of the molecule is N#Cc1cc(Sc2ccccn2)c([N+](=O)[O-])cc1C#N. The zero-order valence-corrected chi connectivity index (χ0v) is 10.8. The molecule has 0 radical (unpaired) electrons. The van der Waals surface area contributed by atoms with E-state index >= 15 is 0 Å². The monoisotopic (exact) mass is 282 g/mol. The van der Waals surface area contributed by atoms with Gasteiger partial charge < -0.3 is 0 Å². The van der Waals surface area contributed by atoms with Crippen LogP contribution in [0.4, 0.5) is 5.69 Å². The first-order valence-electron chi connectivity index (χ1n) is 5.37. The van der Waals surface area contributed by atoms with E-state index in [2.05, 4.69) is 4.98 Å². The third-order valence-electron chi connectivity index (χ3n) is 2.39. The maximum Gasteiger partial charge on any atom is 0.284 e. The standard InChI is InChI=1S/C13H6N4O2S/c14-7-9-5-11(17(18)19)12(6-10(9)8-15)20-13-3-1-2-4-16-13/h1-6H. The topological polar surface area (TPSA) is 104 Å². The van der Waals surface area contributed by atoms with Gasteiger partial charge in [-0.2, -0.15) is 10.5 Å². The summed E-state index contributed by atoms with van der Waals surface area (Å²) in [6, 6.07) is 11.3. The van der Waals surface area contributed by atoms with Crippen LogP contribution in [0, 0.1) is 32.8 Å². The predicted octanol–water partition coefficient (Wildman–Crippen LogP) is 2.88. The van der Waals surface area contributed by atoms with Crippen LogP contribution in [-0.2, 0) is 0 Å². The van der Waals surface area contributed by atoms with E-state index in [0.717, 1.165) is 17.8 Å². The first-order valence-corrected chi connectivity index (χ1v) is 6.19. The molecule has 0 atom stereocenters. The number of nitrogens with zero attached hydrogens (tertiary/aromatic N) is 4. The van der Waals surface area contributed by atoms with Gasteiger partial charge in [0.15, 0.2) is 0 Å². The number of rotatable bonds is 3. The predicted molar refractivity (Wildman–Crippen MR) is 70.9 cm³/mol. The van der Waals surface area contributed by atoms with Crippen LogP contribution in [0.2, 0.25) is 0 Å². The molecule has 0 aliphatic carbocycles. The van der Waals surface area contributed by atoms with E-state index in [1.165, 1.54) is 6.07 Å². The van der Waals surface area contributed by atoms with Crippen molar-refractivity contribution >= 4 is 17.4 Å². The lowest BCUT2D eigenvalue weighted by atomic mass is 10.1. The molecule has 96 valence electrons. The summed E-state index contributed by atoms with van der Waals surface area (Å²) in [5.74, 6) is 0. The van der Waals surface area contributed by atoms with Gasteiger partial charge >= 0.3 is 0 Å². The molecule has 0 bridgehead atoms. The first kappa shape index (κ1) is 13.5. The van der Waals surface area contributed by atoms with E-state index in [4.69, 9.17) is 10.5 Å². The molecule has 0 spiro atoms. The Hall–Kier alpha value is -2.90. The Morgan fingerprint density at radius 2 is 1.90 bits per heavy atom. The van der Waals surface area contributed by atoms with Crippen molar-refractivity contribution in [1.29, 1.82) is 10.5 Å². The van der Waals surface area contributed by atoms with Crippen LogP contribution in [0.1, 0.15) is 11.1 Å². The first-order chi connectivity index (χ1) is 9.65. The fraction of sp³-hybridized carbons (Fsp3) is 0. The Bertz CT molecular complexity index is 747. The van der Waals surface area contributed by atoms with E-state index in [-0.39, 0.29) is 21.7 Å². The van der Waals surface area contributed by atoms with Crippen LogP contribution in [0.3, 0.4) is 0 Å². The molecule has 1 aromatic carbocycles. The molecule has 2 rings (SSSR count). The van der Waals surface area contributed by atoms with Crippen LogP contribution in [-0.4, -0.2) is 9.91 Å². The Morgan fingerprint density at radius 1 is 1.20 bits per heavy atom. The number of hydrogen-bond donors (Lipinski definition) is 0. The van der Waals surface area contributed by atoms with Crippen molar-refractivity contribution < 1.29 is 4.92 Å². The van der Waals surface area contributed by atoms with Crippen LogP contribution < -0.4 is 0 Å². The Labute approximate surface area is 118 Å². The van der Waals surface area contributed by atoms with E-state index in [0.29, 0.717) is 5.03 Å². The van der Waals surface area contributed by atoms with Crippen molar-refractivity contribution in [2.75, 3.05) is 0 Å². The highest BCUT2D eigenvalue weighted by Gasteiger charge is 2.19. The number of nitro groups is 1. The zero-order chi connectivity index (χ0) is 14.5. The molecular weight excluding hydrogens is 276 g/mol. The smallest absolute Gasteiger partial charge is 0.258 e. The molecule has 0 fully saturated rings. The van der Waals surface area contributed by atoms with E-state index < -0.39 is 4.92 Å². The van der Waals surface area contributed by atoms with Crippen molar-refractivity contribution in [2.24, 2.45) is 0 Å². The Balaban J connectivity index is 2.54. The zero-order valence-electron chi connectivity index (χ0n) is 9.98. The van der Waals surface area contributed by atoms with Crippen molar-refractivity contribution in [3.8, 4) is 12.1 Å². The van der Waals surface area contributed by atoms with Gasteiger partial charge in [-0.1, -0.05) is 17.8 Å². The summed E-state index contributed by atoms with van der Waals surface area (Å²) in [5.41, 5.74) is -0.114. The third kappa shape index (κ3) is 2.74. The Morgan fingerprint density at radius 3 is 2.45 bits per heavy atom. The average molecular weight is 282 g/mol. The second-order valence-electron chi connectivity index (χ2n) is 3.62. The van der Waals surface area contributed by atoms with Crippen molar-refractivity contribution in [3.05, 3.63) is 57.8 Å². The third-order valence-corrected chi connectivity index (χ3v) is 3.39. The van der Waals surface area contributed by atoms with Crippen LogP contribution in [0.5, 0.6) is 0 Å². The van der Waals surface area contributed by atoms with Crippen LogP contribution in [0.25, 0.3) is 0 Å². The normalized spacial score (nSPS) is 9.50. The molecule has 2 aromatic rings. The van der Waals surface area contributed by atoms with Gasteiger partial charge in [0.05, 0.1) is 20.9 Å². The maximum atomic E-state index is 11.1. The second kappa shape index (κ2) is 5.83. The molecule has 0 saturated heterocycles. The van der Waals surface area contributed by atoms with Crippen molar-refractivity contribution in [2.45, 2.75) is 9.92 Å². The molecule has 0 N–H and O–H groups in total. The summed E-state index contributed by atoms with van der Waals surface area (Å²) in [7, 11) is 0. The summed E-state index contributed by atoms with van der Waals surface area (Å²) in [5, 5.41) is 29.5. The molecule has 0 saturated carbocycles. The number of benzene rings is 1. The minimum Gasteiger partial charge on any atom is -0.258 e. The summed E-state index contributed by atoms with van der Waals surface area (Å²) >= 11 is 1.08. The molecule has 0 aliphatic rings. The van der Waals surface area contributed by atoms with Gasteiger partial charge in [0.25, 0.3) is 5.69 Å². The molecule has 1 heterocycles. The lowest BCUT2D eigenvalue weighted by Gasteiger charge is -2.04. The molecule has 0 unspecified atom stereocenters. The highest BCUT2D eigenvalue weighted by atomic mass is 32.2. The number of hydrogen-bond acceptors (Lipinski definition) is 6. The van der Waals surface area contributed by atoms with Gasteiger partial charge in [0.2, 0.25) is 0 Å². The largest absolute Gasteiger partial charge is 0.284 e. The summed E-state index contributed by atoms with van der Waals surface area (Å²) in [4.78, 5) is 14.8. The Kier molecular flexibility index (Phi) is 3.94. The number of nitro benzene ring substituents is 1. The number of nitriles is 2. The van der Waals surface area contributed by atoms with Gasteiger partial charge in [-0.25, -0.2) is 4.98 Å². The minimum atomic E-state index is -0.576. The maximum absolute atomic E-state index is 11.1. The number of pyridine rings is 1. The van der Waals surface area contributed by atoms with Gasteiger partial charge in [-0.3, -0.25) is 10.1 Å². The average Bonchev–Trinajstić information content (AvgIpc) is 2.47. The lowest BCUT2D eigenvalue weighted by molar-refractivity contribution is -0.387. The van der Waals surface area contributed by atoms with E-state index in [9.17, 15) is 10.1 Å². The molecule has 6 nitrogen and oxygen atoms in total. The molecule has 7 heteroatoms. The molecule has 0 amide bonds. The second-order valence-corrected chi connectivity index (χ2v) is 4.68. The van der Waals surface area contributed by atoms with E-state index in [1.807, 2.05) is 6.07 Å². The highest BCUT2D eigenvalue weighted by Crippen LogP contribution is 2.35. The number of aromatic nitrogens is 1. The fourth-order valence-electron chi connectivity index (χ4n) is 1.50. The van der Waals surface area contributed by atoms with Gasteiger partial charge in [-0.05, 0) is 18.2 Å². The van der Waals surface area contributed by atoms with Gasteiger partial charge in [-0.15, -0.1) is 0 Å². The van der Waals surface area contributed by atoms with Gasteiger partial charge in [0.1, 0.15) is 17.2 Å². The highest BCUT2D eigenvalue weighted by molar-refractivity contribution is 7.99. The fourth-order valence-corrected chi connectivity index (χ4v) is 2.40. The van der Waals surface area contributed by atoms with Crippen LogP contribution in [0.15, 0.2) is 46.5 Å². The van der Waals surface area contributed by atoms with Crippen molar-refractivity contribution in [1.82, 2.24) is 4.98 Å². The summed E-state index contributed by atoms with van der Waals surface area (Å²) < 4.78 is 0. The minimum absolute atomic E-state index is 0.00966. The molecule has 1 aromatic heterocycles. The molecular formula is C13H6N4O2S. The molecule has 0 aliphatic heterocycles. The van der Waals surface area contributed by atoms with Crippen molar-refractivity contribution in [3.63, 3.8) is 0 Å². The lowest BCUT2D eigenvalue weighted by Crippen LogP contribution is -1.95. The van der Waals surface area contributed by atoms with Crippen LogP contribution >= 0.6 is 11.8 Å². The quantitative estimate of drug-likeness (QED) is 0.633. The summed E-state index contributed by atoms with van der Waals surface area (Å²) in [6.07, 6.45) is 1.57. The van der Waals surface area contributed by atoms with Gasteiger partial charge in [0, 0.05) is 12.3 Å². The molecule has 20 heavy (non-hydrogen) atoms.